The molecule has 2 atom stereocenters. The van der Waals surface area contributed by atoms with Gasteiger partial charge in [-0.2, -0.15) is 0 Å². The van der Waals surface area contributed by atoms with Crippen molar-refractivity contribution in [3.05, 3.63) is 29.8 Å². The molecule has 0 spiro atoms. The van der Waals surface area contributed by atoms with Crippen molar-refractivity contribution in [2.75, 3.05) is 12.8 Å². The van der Waals surface area contributed by atoms with Crippen LogP contribution in [0.3, 0.4) is 0 Å². The summed E-state index contributed by atoms with van der Waals surface area (Å²) in [5.74, 6) is 0.218. The van der Waals surface area contributed by atoms with Crippen molar-refractivity contribution in [1.29, 1.82) is 0 Å². The van der Waals surface area contributed by atoms with E-state index in [0.717, 1.165) is 18.5 Å². The van der Waals surface area contributed by atoms with Gasteiger partial charge in [-0.1, -0.05) is 32.0 Å². The largest absolute Gasteiger partial charge is 0.314 e. The molecule has 0 saturated heterocycles. The van der Waals surface area contributed by atoms with Crippen molar-refractivity contribution in [3.8, 4) is 0 Å². The van der Waals surface area contributed by atoms with Crippen molar-refractivity contribution in [2.24, 2.45) is 0 Å². The average Bonchev–Trinajstić information content (AvgIpc) is 2.29. The first-order chi connectivity index (χ1) is 8.41. The van der Waals surface area contributed by atoms with Crippen molar-refractivity contribution in [2.45, 2.75) is 44.0 Å². The number of benzene rings is 1. The first kappa shape index (κ1) is 15.2. The molecule has 1 N–H and O–H groups in total. The fraction of sp³-hybridized carbons (Fsp3) is 0.571. The molecule has 1 aromatic carbocycles. The lowest BCUT2D eigenvalue weighted by molar-refractivity contribution is 0.455. The third-order valence-corrected chi connectivity index (χ3v) is 4.46. The van der Waals surface area contributed by atoms with Crippen LogP contribution in [0.25, 0.3) is 0 Å². The highest BCUT2D eigenvalue weighted by atomic mass is 32.2. The summed E-state index contributed by atoms with van der Waals surface area (Å²) in [5, 5.41) is 3.38. The molecule has 0 bridgehead atoms. The minimum Gasteiger partial charge on any atom is -0.314 e. The Balaban J connectivity index is 3.22. The molecule has 2 unspecified atom stereocenters. The van der Waals surface area contributed by atoms with Crippen LogP contribution in [0.15, 0.2) is 29.2 Å². The van der Waals surface area contributed by atoms with Gasteiger partial charge in [0.25, 0.3) is 0 Å². The number of hydrogen-bond donors (Lipinski definition) is 1. The number of nitrogens with one attached hydrogen (secondary N) is 1. The molecule has 0 aliphatic heterocycles. The number of hydrogen-bond acceptors (Lipinski definition) is 3. The SMILES string of the molecule is CCNC(C)C(CC)c1ccccc1S(C)(=O)=O. The zero-order valence-corrected chi connectivity index (χ0v) is 12.4. The van der Waals surface area contributed by atoms with Gasteiger partial charge in [0, 0.05) is 12.3 Å². The van der Waals surface area contributed by atoms with Crippen LogP contribution in [-0.4, -0.2) is 27.3 Å². The predicted molar refractivity (Wildman–Crippen MR) is 75.7 cm³/mol. The van der Waals surface area contributed by atoms with E-state index in [4.69, 9.17) is 0 Å². The van der Waals surface area contributed by atoms with Crippen LogP contribution < -0.4 is 5.32 Å². The van der Waals surface area contributed by atoms with Gasteiger partial charge in [-0.25, -0.2) is 8.42 Å². The summed E-state index contributed by atoms with van der Waals surface area (Å²) in [5.41, 5.74) is 0.927. The predicted octanol–water partition coefficient (Wildman–Crippen LogP) is 2.58. The van der Waals surface area contributed by atoms with Gasteiger partial charge in [-0.3, -0.25) is 0 Å². The minimum atomic E-state index is -3.16. The average molecular weight is 269 g/mol. The molecule has 0 heterocycles. The van der Waals surface area contributed by atoms with E-state index in [-0.39, 0.29) is 12.0 Å². The number of likely N-dealkylation sites (N-methyl/N-ethyl adjacent to an activating group) is 1. The molecule has 18 heavy (non-hydrogen) atoms. The summed E-state index contributed by atoms with van der Waals surface area (Å²) < 4.78 is 23.7. The van der Waals surface area contributed by atoms with E-state index >= 15 is 0 Å². The minimum absolute atomic E-state index is 0.218. The summed E-state index contributed by atoms with van der Waals surface area (Å²) >= 11 is 0. The Hall–Kier alpha value is -0.870. The Morgan fingerprint density at radius 1 is 1.22 bits per heavy atom. The third kappa shape index (κ3) is 3.56. The second-order valence-corrected chi connectivity index (χ2v) is 6.66. The van der Waals surface area contributed by atoms with Crippen LogP contribution in [0.1, 0.15) is 38.7 Å². The maximum atomic E-state index is 11.8. The highest BCUT2D eigenvalue weighted by Crippen LogP contribution is 2.29. The molecule has 0 aromatic heterocycles. The van der Waals surface area contributed by atoms with E-state index in [0.29, 0.717) is 4.90 Å². The van der Waals surface area contributed by atoms with Crippen LogP contribution in [0.4, 0.5) is 0 Å². The van der Waals surface area contributed by atoms with Crippen LogP contribution >= 0.6 is 0 Å². The van der Waals surface area contributed by atoms with Gasteiger partial charge in [-0.15, -0.1) is 0 Å². The maximum absolute atomic E-state index is 11.8. The number of sulfone groups is 1. The summed E-state index contributed by atoms with van der Waals surface area (Å²) in [6.45, 7) is 7.15. The molecular weight excluding hydrogens is 246 g/mol. The number of rotatable bonds is 6. The van der Waals surface area contributed by atoms with Crippen molar-refractivity contribution >= 4 is 9.84 Å². The highest BCUT2D eigenvalue weighted by molar-refractivity contribution is 7.90. The van der Waals surface area contributed by atoms with Crippen molar-refractivity contribution in [1.82, 2.24) is 5.32 Å². The summed E-state index contributed by atoms with van der Waals surface area (Å²) in [6.07, 6.45) is 2.19. The quantitative estimate of drug-likeness (QED) is 0.863. The second-order valence-electron chi connectivity index (χ2n) is 4.67. The monoisotopic (exact) mass is 269 g/mol. The fourth-order valence-corrected chi connectivity index (χ4v) is 3.40. The molecule has 4 heteroatoms. The lowest BCUT2D eigenvalue weighted by atomic mass is 9.90. The van der Waals surface area contributed by atoms with Gasteiger partial charge >= 0.3 is 0 Å². The van der Waals surface area contributed by atoms with Gasteiger partial charge in [-0.05, 0) is 37.4 Å². The molecule has 0 radical (unpaired) electrons. The van der Waals surface area contributed by atoms with E-state index < -0.39 is 9.84 Å². The first-order valence-corrected chi connectivity index (χ1v) is 8.33. The molecule has 1 rings (SSSR count). The molecular formula is C14H23NO2S. The standard InChI is InChI=1S/C14H23NO2S/c1-5-12(11(3)15-6-2)13-9-7-8-10-14(13)18(4,16)17/h7-12,15H,5-6H2,1-4H3. The van der Waals surface area contributed by atoms with Crippen molar-refractivity contribution < 1.29 is 8.42 Å². The maximum Gasteiger partial charge on any atom is 0.175 e. The van der Waals surface area contributed by atoms with E-state index in [9.17, 15) is 8.42 Å². The smallest absolute Gasteiger partial charge is 0.175 e. The van der Waals surface area contributed by atoms with E-state index in [2.05, 4.69) is 26.1 Å². The Morgan fingerprint density at radius 2 is 1.83 bits per heavy atom. The van der Waals surface area contributed by atoms with Gasteiger partial charge in [0.2, 0.25) is 0 Å². The first-order valence-electron chi connectivity index (χ1n) is 6.44. The lowest BCUT2D eigenvalue weighted by Gasteiger charge is -2.25. The molecule has 0 amide bonds. The molecule has 0 aliphatic carbocycles. The van der Waals surface area contributed by atoms with Crippen LogP contribution in [0, 0.1) is 0 Å². The van der Waals surface area contributed by atoms with Gasteiger partial charge in [0.15, 0.2) is 9.84 Å². The summed E-state index contributed by atoms with van der Waals surface area (Å²) in [6, 6.07) is 7.59. The van der Waals surface area contributed by atoms with Gasteiger partial charge in [0.1, 0.15) is 0 Å². The van der Waals surface area contributed by atoms with E-state index in [1.165, 1.54) is 6.26 Å². The van der Waals surface area contributed by atoms with E-state index in [1.807, 2.05) is 12.1 Å². The van der Waals surface area contributed by atoms with Crippen LogP contribution in [0.5, 0.6) is 0 Å². The zero-order valence-electron chi connectivity index (χ0n) is 11.6. The normalized spacial score (nSPS) is 15.3. The van der Waals surface area contributed by atoms with Crippen molar-refractivity contribution in [3.63, 3.8) is 0 Å². The molecule has 0 fully saturated rings. The van der Waals surface area contributed by atoms with Crippen LogP contribution in [-0.2, 0) is 9.84 Å². The highest BCUT2D eigenvalue weighted by Gasteiger charge is 2.23. The van der Waals surface area contributed by atoms with Crippen LogP contribution in [0.2, 0.25) is 0 Å². The van der Waals surface area contributed by atoms with E-state index in [1.54, 1.807) is 12.1 Å². The van der Waals surface area contributed by atoms with Gasteiger partial charge in [0.05, 0.1) is 4.90 Å². The molecule has 1 aromatic rings. The second kappa shape index (κ2) is 6.34. The Bertz CT molecular complexity index is 482. The Morgan fingerprint density at radius 3 is 2.33 bits per heavy atom. The topological polar surface area (TPSA) is 46.2 Å². The zero-order chi connectivity index (χ0) is 13.8. The Labute approximate surface area is 111 Å². The molecule has 0 saturated carbocycles. The third-order valence-electron chi connectivity index (χ3n) is 3.29. The molecule has 3 nitrogen and oxygen atoms in total. The van der Waals surface area contributed by atoms with Gasteiger partial charge < -0.3 is 5.32 Å². The fourth-order valence-electron chi connectivity index (χ4n) is 2.43. The Kier molecular flexibility index (Phi) is 5.35. The summed E-state index contributed by atoms with van der Waals surface area (Å²) in [4.78, 5) is 0.460. The molecule has 0 aliphatic rings. The summed E-state index contributed by atoms with van der Waals surface area (Å²) in [7, 11) is -3.16. The lowest BCUT2D eigenvalue weighted by Crippen LogP contribution is -2.32. The molecule has 102 valence electrons.